The molecule has 0 aliphatic rings. The average Bonchev–Trinajstić information content (AvgIpc) is 3.32. The first kappa shape index (κ1) is 22.6. The molecule has 0 atom stereocenters. The van der Waals surface area contributed by atoms with E-state index in [4.69, 9.17) is 16.3 Å². The van der Waals surface area contributed by atoms with Gasteiger partial charge in [0, 0.05) is 20.6 Å². The van der Waals surface area contributed by atoms with Gasteiger partial charge in [0.25, 0.3) is 5.91 Å². The second kappa shape index (κ2) is 10.3. The van der Waals surface area contributed by atoms with Crippen molar-refractivity contribution in [2.24, 2.45) is 5.10 Å². The normalized spacial score (nSPS) is 11.0. The molecule has 4 rings (SSSR count). The summed E-state index contributed by atoms with van der Waals surface area (Å²) in [5, 5.41) is 21.3. The van der Waals surface area contributed by atoms with Crippen molar-refractivity contribution in [2.45, 2.75) is 6.61 Å². The lowest BCUT2D eigenvalue weighted by Crippen LogP contribution is -2.18. The van der Waals surface area contributed by atoms with Crippen molar-refractivity contribution in [3.63, 3.8) is 0 Å². The number of halogens is 2. The Hall–Kier alpha value is -3.62. The Morgan fingerprint density at radius 2 is 1.88 bits per heavy atom. The molecule has 0 saturated heterocycles. The fourth-order valence-electron chi connectivity index (χ4n) is 2.90. The van der Waals surface area contributed by atoms with Crippen LogP contribution in [0, 0.1) is 0 Å². The Balaban J connectivity index is 1.35. The topological polar surface area (TPSA) is 99.6 Å². The molecule has 166 valence electrons. The van der Waals surface area contributed by atoms with Crippen LogP contribution in [0.2, 0.25) is 5.02 Å². The van der Waals surface area contributed by atoms with E-state index >= 15 is 0 Å². The average molecular weight is 526 g/mol. The third-order valence-electron chi connectivity index (χ3n) is 4.65. The van der Waals surface area contributed by atoms with E-state index in [0.717, 1.165) is 15.6 Å². The molecule has 7 nitrogen and oxygen atoms in total. The highest BCUT2D eigenvalue weighted by Gasteiger charge is 2.11. The van der Waals surface area contributed by atoms with E-state index in [0.29, 0.717) is 28.6 Å². The van der Waals surface area contributed by atoms with Crippen molar-refractivity contribution in [1.29, 1.82) is 0 Å². The lowest BCUT2D eigenvalue weighted by Gasteiger charge is -2.07. The summed E-state index contributed by atoms with van der Waals surface area (Å²) < 4.78 is 6.58. The summed E-state index contributed by atoms with van der Waals surface area (Å²) in [6.45, 7) is 0.432. The lowest BCUT2D eigenvalue weighted by atomic mass is 10.1. The fraction of sp³-hybridized carbons (Fsp3) is 0.0417. The molecule has 0 unspecified atom stereocenters. The highest BCUT2D eigenvalue weighted by molar-refractivity contribution is 9.10. The molecule has 0 spiro atoms. The number of aromatic amines is 1. The number of carbonyl (C=O) groups is 1. The van der Waals surface area contributed by atoms with E-state index < -0.39 is 5.91 Å². The van der Waals surface area contributed by atoms with E-state index in [2.05, 4.69) is 36.7 Å². The Morgan fingerprint density at radius 3 is 2.64 bits per heavy atom. The molecule has 9 heteroatoms. The van der Waals surface area contributed by atoms with Crippen molar-refractivity contribution in [1.82, 2.24) is 15.6 Å². The SMILES string of the molecule is O=C(N/N=C/c1cc(Br)ccc1O)c1cc(-c2ccc(OCc3ccc(Cl)cc3)cc2)n[nH]1. The van der Waals surface area contributed by atoms with Gasteiger partial charge in [-0.1, -0.05) is 39.7 Å². The van der Waals surface area contributed by atoms with Crippen LogP contribution in [0.5, 0.6) is 11.5 Å². The minimum absolute atomic E-state index is 0.0561. The zero-order valence-corrected chi connectivity index (χ0v) is 19.5. The van der Waals surface area contributed by atoms with Crippen molar-refractivity contribution in [2.75, 3.05) is 0 Å². The zero-order valence-electron chi connectivity index (χ0n) is 17.1. The summed E-state index contributed by atoms with van der Waals surface area (Å²) in [4.78, 5) is 12.3. The van der Waals surface area contributed by atoms with E-state index in [9.17, 15) is 9.90 Å². The Labute approximate surface area is 203 Å². The van der Waals surface area contributed by atoms with Crippen molar-refractivity contribution in [3.8, 4) is 22.8 Å². The van der Waals surface area contributed by atoms with Crippen LogP contribution in [-0.2, 0) is 6.61 Å². The summed E-state index contributed by atoms with van der Waals surface area (Å²) in [7, 11) is 0. The summed E-state index contributed by atoms with van der Waals surface area (Å²) >= 11 is 9.21. The number of nitrogens with one attached hydrogen (secondary N) is 2. The van der Waals surface area contributed by atoms with Crippen LogP contribution >= 0.6 is 27.5 Å². The molecule has 0 aliphatic heterocycles. The number of rotatable bonds is 7. The van der Waals surface area contributed by atoms with Gasteiger partial charge in [-0.15, -0.1) is 0 Å². The van der Waals surface area contributed by atoms with Crippen LogP contribution in [0.15, 0.2) is 82.4 Å². The minimum Gasteiger partial charge on any atom is -0.507 e. The molecule has 0 radical (unpaired) electrons. The van der Waals surface area contributed by atoms with Crippen molar-refractivity contribution >= 4 is 39.7 Å². The van der Waals surface area contributed by atoms with E-state index in [1.807, 2.05) is 48.5 Å². The Bertz CT molecular complexity index is 1290. The van der Waals surface area contributed by atoms with Gasteiger partial charge in [0.15, 0.2) is 0 Å². The first-order valence-corrected chi connectivity index (χ1v) is 11.0. The number of hydrogen-bond acceptors (Lipinski definition) is 5. The summed E-state index contributed by atoms with van der Waals surface area (Å²) in [6.07, 6.45) is 1.36. The monoisotopic (exact) mass is 524 g/mol. The maximum absolute atomic E-state index is 12.3. The second-order valence-electron chi connectivity index (χ2n) is 7.01. The Kier molecular flexibility index (Phi) is 7.07. The standard InChI is InChI=1S/C24H18BrClN4O3/c25-18-5-10-23(31)17(11-18)13-27-30-24(32)22-12-21(28-29-22)16-3-8-20(9-4-16)33-14-15-1-6-19(26)7-2-15/h1-13,31H,14H2,(H,28,29)(H,30,32)/b27-13+. The maximum atomic E-state index is 12.3. The number of benzene rings is 3. The number of hydrogen-bond donors (Lipinski definition) is 3. The summed E-state index contributed by atoms with van der Waals surface area (Å²) in [5.41, 5.74) is 5.58. The maximum Gasteiger partial charge on any atom is 0.289 e. The van der Waals surface area contributed by atoms with Gasteiger partial charge in [-0.05, 0) is 66.2 Å². The number of aromatic hydroxyl groups is 1. The number of aromatic nitrogens is 2. The van der Waals surface area contributed by atoms with E-state index in [1.54, 1.807) is 18.2 Å². The quantitative estimate of drug-likeness (QED) is 0.218. The van der Waals surface area contributed by atoms with E-state index in [1.165, 1.54) is 12.3 Å². The first-order valence-electron chi connectivity index (χ1n) is 9.83. The number of phenols is 1. The van der Waals surface area contributed by atoms with Gasteiger partial charge in [0.05, 0.1) is 11.9 Å². The highest BCUT2D eigenvalue weighted by atomic mass is 79.9. The van der Waals surface area contributed by atoms with Crippen LogP contribution in [0.3, 0.4) is 0 Å². The molecule has 0 fully saturated rings. The highest BCUT2D eigenvalue weighted by Crippen LogP contribution is 2.23. The van der Waals surface area contributed by atoms with Crippen LogP contribution < -0.4 is 10.2 Å². The van der Waals surface area contributed by atoms with Gasteiger partial charge in [-0.25, -0.2) is 5.43 Å². The Morgan fingerprint density at radius 1 is 1.12 bits per heavy atom. The molecule has 1 amide bonds. The van der Waals surface area contributed by atoms with Gasteiger partial charge in [-0.3, -0.25) is 9.89 Å². The van der Waals surface area contributed by atoms with Gasteiger partial charge in [0.2, 0.25) is 0 Å². The number of phenolic OH excluding ortho intramolecular Hbond substituents is 1. The number of nitrogens with zero attached hydrogens (tertiary/aromatic N) is 2. The molecule has 1 aromatic heterocycles. The molecule has 0 bridgehead atoms. The number of ether oxygens (including phenoxy) is 1. The molecule has 3 aromatic carbocycles. The van der Waals surface area contributed by atoms with Crippen LogP contribution in [0.4, 0.5) is 0 Å². The third-order valence-corrected chi connectivity index (χ3v) is 5.40. The van der Waals surface area contributed by atoms with Gasteiger partial charge in [0.1, 0.15) is 23.8 Å². The minimum atomic E-state index is -0.456. The lowest BCUT2D eigenvalue weighted by molar-refractivity contribution is 0.0950. The fourth-order valence-corrected chi connectivity index (χ4v) is 3.41. The predicted molar refractivity (Wildman–Crippen MR) is 131 cm³/mol. The van der Waals surface area contributed by atoms with Crippen molar-refractivity contribution in [3.05, 3.63) is 99.1 Å². The molecule has 4 aromatic rings. The van der Waals surface area contributed by atoms with Gasteiger partial charge >= 0.3 is 0 Å². The first-order chi connectivity index (χ1) is 16.0. The molecule has 1 heterocycles. The molecule has 3 N–H and O–H groups in total. The number of hydrazone groups is 1. The second-order valence-corrected chi connectivity index (χ2v) is 8.36. The van der Waals surface area contributed by atoms with Crippen LogP contribution in [0.1, 0.15) is 21.6 Å². The van der Waals surface area contributed by atoms with Gasteiger partial charge in [-0.2, -0.15) is 10.2 Å². The van der Waals surface area contributed by atoms with Crippen molar-refractivity contribution < 1.29 is 14.6 Å². The van der Waals surface area contributed by atoms with Crippen LogP contribution in [-0.4, -0.2) is 27.4 Å². The summed E-state index contributed by atoms with van der Waals surface area (Å²) in [5.74, 6) is 0.315. The molecule has 0 saturated carbocycles. The number of carbonyl (C=O) groups excluding carboxylic acids is 1. The summed E-state index contributed by atoms with van der Waals surface area (Å²) in [6, 6.07) is 21.4. The largest absolute Gasteiger partial charge is 0.507 e. The molecule has 33 heavy (non-hydrogen) atoms. The van der Waals surface area contributed by atoms with Gasteiger partial charge < -0.3 is 9.84 Å². The smallest absolute Gasteiger partial charge is 0.289 e. The molecular weight excluding hydrogens is 508 g/mol. The van der Waals surface area contributed by atoms with Crippen LogP contribution in [0.25, 0.3) is 11.3 Å². The predicted octanol–water partition coefficient (Wildman–Crippen LogP) is 5.54. The molecular formula is C24H18BrClN4O3. The zero-order chi connectivity index (χ0) is 23.2. The number of H-pyrrole nitrogens is 1. The van der Waals surface area contributed by atoms with E-state index in [-0.39, 0.29) is 11.4 Å². The third kappa shape index (κ3) is 6.00. The molecule has 0 aliphatic carbocycles. The number of amides is 1.